The smallest absolute Gasteiger partial charge is 0.285 e. The van der Waals surface area contributed by atoms with Gasteiger partial charge in [-0.05, 0) is 31.2 Å². The van der Waals surface area contributed by atoms with Gasteiger partial charge in [-0.1, -0.05) is 17.7 Å². The zero-order chi connectivity index (χ0) is 15.3. The number of hydrazine groups is 1. The quantitative estimate of drug-likeness (QED) is 0.442. The van der Waals surface area contributed by atoms with Crippen LogP contribution in [0.4, 0.5) is 5.69 Å². The second kappa shape index (κ2) is 6.23. The van der Waals surface area contributed by atoms with Gasteiger partial charge in [-0.15, -0.1) is 4.40 Å². The maximum absolute atomic E-state index is 12.0. The molecule has 0 amide bonds. The van der Waals surface area contributed by atoms with Crippen LogP contribution in [0, 0.1) is 6.92 Å². The van der Waals surface area contributed by atoms with Crippen molar-refractivity contribution in [1.29, 1.82) is 0 Å². The summed E-state index contributed by atoms with van der Waals surface area (Å²) in [5.74, 6) is -0.264. The maximum atomic E-state index is 12.0. The molecule has 1 heterocycles. The highest BCUT2D eigenvalue weighted by molar-refractivity contribution is 7.90. The summed E-state index contributed by atoms with van der Waals surface area (Å²) in [6.45, 7) is 1.87. The third-order valence-corrected chi connectivity index (χ3v) is 3.84. The summed E-state index contributed by atoms with van der Waals surface area (Å²) in [6.07, 6.45) is 3.17. The Labute approximate surface area is 123 Å². The Hall–Kier alpha value is -2.61. The summed E-state index contributed by atoms with van der Waals surface area (Å²) in [7, 11) is -3.84. The fourth-order valence-electron chi connectivity index (χ4n) is 1.49. The van der Waals surface area contributed by atoms with Crippen LogP contribution in [0.5, 0.6) is 0 Å². The van der Waals surface area contributed by atoms with Gasteiger partial charge < -0.3 is 5.73 Å². The fraction of sp³-hybridized carbons (Fsp3) is 0.0769. The van der Waals surface area contributed by atoms with E-state index in [4.69, 9.17) is 5.73 Å². The minimum absolute atomic E-state index is 0.0826. The summed E-state index contributed by atoms with van der Waals surface area (Å²) in [4.78, 5) is 3.97. The molecule has 0 bridgehead atoms. The lowest BCUT2D eigenvalue weighted by molar-refractivity contribution is 0.597. The van der Waals surface area contributed by atoms with E-state index in [0.717, 1.165) is 5.56 Å². The van der Waals surface area contributed by atoms with Gasteiger partial charge in [0.15, 0.2) is 0 Å². The van der Waals surface area contributed by atoms with Crippen molar-refractivity contribution in [2.75, 3.05) is 5.43 Å². The first-order valence-electron chi connectivity index (χ1n) is 6.06. The summed E-state index contributed by atoms with van der Waals surface area (Å²) in [6, 6.07) is 9.81. The normalized spacial score (nSPS) is 12.0. The minimum Gasteiger partial charge on any atom is -0.368 e. The SMILES string of the molecule is Cc1ccc(S(=O)(=O)N=C(N)NNc2cccnc2)cc1. The molecular formula is C13H15N5O2S. The number of nitrogens with two attached hydrogens (primary N) is 1. The number of hydrogen-bond acceptors (Lipinski definition) is 4. The molecular weight excluding hydrogens is 290 g/mol. The molecule has 2 rings (SSSR count). The standard InChI is InChI=1S/C13H15N5O2S/c1-10-4-6-12(7-5-10)21(19,20)18-13(14)17-16-11-3-2-8-15-9-11/h2-9,16H,1H3,(H3,14,17,18). The lowest BCUT2D eigenvalue weighted by Gasteiger charge is -2.08. The van der Waals surface area contributed by atoms with Crippen LogP contribution >= 0.6 is 0 Å². The van der Waals surface area contributed by atoms with Crippen molar-refractivity contribution in [3.05, 3.63) is 54.4 Å². The number of aromatic nitrogens is 1. The van der Waals surface area contributed by atoms with Gasteiger partial charge in [0.2, 0.25) is 5.96 Å². The van der Waals surface area contributed by atoms with Crippen molar-refractivity contribution in [2.24, 2.45) is 10.1 Å². The summed E-state index contributed by atoms with van der Waals surface area (Å²) < 4.78 is 27.5. The zero-order valence-corrected chi connectivity index (χ0v) is 12.1. The predicted molar refractivity (Wildman–Crippen MR) is 81.0 cm³/mol. The van der Waals surface area contributed by atoms with Gasteiger partial charge in [-0.3, -0.25) is 15.8 Å². The molecule has 8 heteroatoms. The van der Waals surface area contributed by atoms with Gasteiger partial charge in [0, 0.05) is 6.20 Å². The van der Waals surface area contributed by atoms with Crippen molar-refractivity contribution in [3.8, 4) is 0 Å². The van der Waals surface area contributed by atoms with E-state index in [1.54, 1.807) is 36.7 Å². The summed E-state index contributed by atoms with van der Waals surface area (Å²) in [5, 5.41) is 0. The van der Waals surface area contributed by atoms with Crippen molar-refractivity contribution < 1.29 is 8.42 Å². The van der Waals surface area contributed by atoms with Crippen molar-refractivity contribution in [1.82, 2.24) is 10.4 Å². The topological polar surface area (TPSA) is 109 Å². The van der Waals surface area contributed by atoms with Crippen LogP contribution in [0.25, 0.3) is 0 Å². The molecule has 4 N–H and O–H groups in total. The number of guanidine groups is 1. The van der Waals surface area contributed by atoms with E-state index >= 15 is 0 Å². The lowest BCUT2D eigenvalue weighted by atomic mass is 10.2. The molecule has 0 fully saturated rings. The Morgan fingerprint density at radius 3 is 2.57 bits per heavy atom. The number of sulfonamides is 1. The van der Waals surface area contributed by atoms with Crippen molar-refractivity contribution in [2.45, 2.75) is 11.8 Å². The molecule has 1 aromatic carbocycles. The molecule has 2 aromatic rings. The highest BCUT2D eigenvalue weighted by Crippen LogP contribution is 2.12. The molecule has 0 saturated heterocycles. The maximum Gasteiger partial charge on any atom is 0.285 e. The number of rotatable bonds is 4. The number of benzene rings is 1. The van der Waals surface area contributed by atoms with Crippen molar-refractivity contribution in [3.63, 3.8) is 0 Å². The van der Waals surface area contributed by atoms with E-state index < -0.39 is 10.0 Å². The van der Waals surface area contributed by atoms with Crippen LogP contribution in [-0.2, 0) is 10.0 Å². The molecule has 0 saturated carbocycles. The highest BCUT2D eigenvalue weighted by atomic mass is 32.2. The monoisotopic (exact) mass is 305 g/mol. The Morgan fingerprint density at radius 2 is 1.95 bits per heavy atom. The van der Waals surface area contributed by atoms with Crippen LogP contribution in [0.2, 0.25) is 0 Å². The third-order valence-electron chi connectivity index (χ3n) is 2.53. The molecule has 7 nitrogen and oxygen atoms in total. The number of aryl methyl sites for hydroxylation is 1. The largest absolute Gasteiger partial charge is 0.368 e. The van der Waals surface area contributed by atoms with Gasteiger partial charge in [0.1, 0.15) is 0 Å². The first kappa shape index (κ1) is 14.8. The minimum atomic E-state index is -3.84. The second-order valence-corrected chi connectivity index (χ2v) is 5.86. The number of pyridine rings is 1. The van der Waals surface area contributed by atoms with Gasteiger partial charge in [-0.2, -0.15) is 8.42 Å². The molecule has 0 atom stereocenters. The predicted octanol–water partition coefficient (Wildman–Crippen LogP) is 1.01. The van der Waals surface area contributed by atoms with Crippen LogP contribution in [0.15, 0.2) is 58.1 Å². The highest BCUT2D eigenvalue weighted by Gasteiger charge is 2.13. The Balaban J connectivity index is 2.08. The van der Waals surface area contributed by atoms with E-state index in [0.29, 0.717) is 5.69 Å². The van der Waals surface area contributed by atoms with E-state index in [-0.39, 0.29) is 10.9 Å². The first-order chi connectivity index (χ1) is 9.97. The van der Waals surface area contributed by atoms with Crippen LogP contribution in [0.3, 0.4) is 0 Å². The van der Waals surface area contributed by atoms with E-state index in [1.807, 2.05) is 6.92 Å². The number of hydrogen-bond donors (Lipinski definition) is 3. The summed E-state index contributed by atoms with van der Waals surface area (Å²) in [5.41, 5.74) is 12.3. The molecule has 0 aliphatic carbocycles. The van der Waals surface area contributed by atoms with Crippen LogP contribution in [-0.4, -0.2) is 19.4 Å². The van der Waals surface area contributed by atoms with Crippen LogP contribution in [0.1, 0.15) is 5.56 Å². The van der Waals surface area contributed by atoms with Gasteiger partial charge >= 0.3 is 0 Å². The number of nitrogens with zero attached hydrogens (tertiary/aromatic N) is 2. The van der Waals surface area contributed by atoms with E-state index in [9.17, 15) is 8.42 Å². The average molecular weight is 305 g/mol. The fourth-order valence-corrected chi connectivity index (χ4v) is 2.38. The molecule has 0 radical (unpaired) electrons. The van der Waals surface area contributed by atoms with Crippen LogP contribution < -0.4 is 16.6 Å². The third kappa shape index (κ3) is 4.18. The molecule has 0 aliphatic rings. The summed E-state index contributed by atoms with van der Waals surface area (Å²) >= 11 is 0. The molecule has 0 unspecified atom stereocenters. The lowest BCUT2D eigenvalue weighted by Crippen LogP contribution is -2.36. The molecule has 0 aliphatic heterocycles. The number of anilines is 1. The Kier molecular flexibility index (Phi) is 4.39. The van der Waals surface area contributed by atoms with E-state index in [2.05, 4.69) is 20.2 Å². The zero-order valence-electron chi connectivity index (χ0n) is 11.3. The first-order valence-corrected chi connectivity index (χ1v) is 7.50. The second-order valence-electron chi connectivity index (χ2n) is 4.26. The Morgan fingerprint density at radius 1 is 1.24 bits per heavy atom. The van der Waals surface area contributed by atoms with Gasteiger partial charge in [-0.25, -0.2) is 0 Å². The molecule has 110 valence electrons. The Bertz CT molecular complexity index is 727. The van der Waals surface area contributed by atoms with E-state index in [1.165, 1.54) is 12.1 Å². The molecule has 21 heavy (non-hydrogen) atoms. The average Bonchev–Trinajstić information content (AvgIpc) is 2.46. The molecule has 1 aromatic heterocycles. The van der Waals surface area contributed by atoms with Crippen molar-refractivity contribution >= 4 is 21.7 Å². The number of nitrogens with one attached hydrogen (secondary N) is 2. The van der Waals surface area contributed by atoms with Gasteiger partial charge in [0.25, 0.3) is 10.0 Å². The molecule has 0 spiro atoms. The van der Waals surface area contributed by atoms with Gasteiger partial charge in [0.05, 0.1) is 16.8 Å².